The van der Waals surface area contributed by atoms with Crippen LogP contribution in [0.25, 0.3) is 0 Å². The summed E-state index contributed by atoms with van der Waals surface area (Å²) in [6, 6.07) is -0.509. The summed E-state index contributed by atoms with van der Waals surface area (Å²) in [5.74, 6) is -1.13. The summed E-state index contributed by atoms with van der Waals surface area (Å²) in [5.41, 5.74) is 0. The van der Waals surface area contributed by atoms with Gasteiger partial charge in [0.25, 0.3) is 0 Å². The first kappa shape index (κ1) is 15.4. The molecule has 19 heavy (non-hydrogen) atoms. The van der Waals surface area contributed by atoms with E-state index in [1.165, 1.54) is 7.05 Å². The van der Waals surface area contributed by atoms with Crippen LogP contribution in [-0.4, -0.2) is 79.1 Å². The van der Waals surface area contributed by atoms with Gasteiger partial charge in [0.15, 0.2) is 0 Å². The molecule has 0 radical (unpaired) electrons. The van der Waals surface area contributed by atoms with Crippen LogP contribution in [0.5, 0.6) is 0 Å². The Labute approximate surface area is 111 Å². The highest BCUT2D eigenvalue weighted by Gasteiger charge is 2.19. The first-order valence-electron chi connectivity index (χ1n) is 6.19. The maximum atomic E-state index is 11.5. The number of carbonyl (C=O) groups excluding carboxylic acids is 2. The monoisotopic (exact) mass is 272 g/mol. The van der Waals surface area contributed by atoms with E-state index in [1.54, 1.807) is 0 Å². The Bertz CT molecular complexity index is 340. The normalized spacial score (nSPS) is 16.9. The molecule has 1 saturated heterocycles. The van der Waals surface area contributed by atoms with Crippen LogP contribution in [-0.2, 0) is 9.59 Å². The zero-order valence-corrected chi connectivity index (χ0v) is 11.0. The lowest BCUT2D eigenvalue weighted by atomic mass is 10.3. The van der Waals surface area contributed by atoms with Crippen LogP contribution >= 0.6 is 0 Å². The topological polar surface area (TPSA) is 102 Å². The van der Waals surface area contributed by atoms with Crippen molar-refractivity contribution >= 4 is 17.9 Å². The summed E-state index contributed by atoms with van der Waals surface area (Å²) in [6.45, 7) is 3.58. The standard InChI is InChI=1S/C11H20N4O4/c1-12-11(19)13-9(16)8-15-6-4-14(5-7-15)3-2-10(17)18/h2-8H2,1H3,(H,17,18)(H2,12,13,16,19). The van der Waals surface area contributed by atoms with Crippen LogP contribution in [0.4, 0.5) is 4.79 Å². The highest BCUT2D eigenvalue weighted by molar-refractivity contribution is 5.95. The molecule has 3 N–H and O–H groups in total. The fraction of sp³-hybridized carbons (Fsp3) is 0.727. The number of piperazine rings is 1. The third kappa shape index (κ3) is 6.16. The van der Waals surface area contributed by atoms with Gasteiger partial charge in [0, 0.05) is 39.8 Å². The Kier molecular flexibility index (Phi) is 6.23. The third-order valence-electron chi connectivity index (χ3n) is 2.95. The molecule has 0 aromatic rings. The molecule has 1 rings (SSSR count). The number of nitrogens with zero attached hydrogens (tertiary/aromatic N) is 2. The number of urea groups is 1. The van der Waals surface area contributed by atoms with Gasteiger partial charge >= 0.3 is 12.0 Å². The fourth-order valence-electron chi connectivity index (χ4n) is 1.86. The summed E-state index contributed by atoms with van der Waals surface area (Å²) in [7, 11) is 1.45. The largest absolute Gasteiger partial charge is 0.481 e. The number of carboxylic acid groups (broad SMARTS) is 1. The second-order valence-electron chi connectivity index (χ2n) is 4.39. The molecular formula is C11H20N4O4. The van der Waals surface area contributed by atoms with E-state index >= 15 is 0 Å². The summed E-state index contributed by atoms with van der Waals surface area (Å²) < 4.78 is 0. The second-order valence-corrected chi connectivity index (χ2v) is 4.39. The number of imide groups is 1. The number of rotatable bonds is 5. The van der Waals surface area contributed by atoms with E-state index in [-0.39, 0.29) is 18.9 Å². The van der Waals surface area contributed by atoms with Gasteiger partial charge in [-0.15, -0.1) is 0 Å². The molecule has 8 heteroatoms. The van der Waals surface area contributed by atoms with Gasteiger partial charge in [0.1, 0.15) is 0 Å². The Balaban J connectivity index is 2.21. The number of carbonyl (C=O) groups is 3. The predicted molar refractivity (Wildman–Crippen MR) is 67.7 cm³/mol. The van der Waals surface area contributed by atoms with Crippen molar-refractivity contribution in [1.29, 1.82) is 0 Å². The Morgan fingerprint density at radius 2 is 1.68 bits per heavy atom. The Hall–Kier alpha value is -1.67. The number of amides is 3. The van der Waals surface area contributed by atoms with Gasteiger partial charge in [-0.2, -0.15) is 0 Å². The summed E-state index contributed by atoms with van der Waals surface area (Å²) in [5, 5.41) is 13.1. The zero-order valence-electron chi connectivity index (χ0n) is 11.0. The number of hydrogen-bond donors (Lipinski definition) is 3. The number of hydrogen-bond acceptors (Lipinski definition) is 5. The first-order chi connectivity index (χ1) is 9.01. The molecule has 0 spiro atoms. The Morgan fingerprint density at radius 3 is 2.21 bits per heavy atom. The second kappa shape index (κ2) is 7.70. The van der Waals surface area contributed by atoms with Crippen LogP contribution in [0.3, 0.4) is 0 Å². The quantitative estimate of drug-likeness (QED) is 0.565. The van der Waals surface area contributed by atoms with Gasteiger partial charge in [-0.25, -0.2) is 4.79 Å². The third-order valence-corrected chi connectivity index (χ3v) is 2.95. The molecule has 0 unspecified atom stereocenters. The lowest BCUT2D eigenvalue weighted by Gasteiger charge is -2.33. The lowest BCUT2D eigenvalue weighted by Crippen LogP contribution is -2.51. The highest BCUT2D eigenvalue weighted by atomic mass is 16.4. The van der Waals surface area contributed by atoms with Crippen LogP contribution in [0.2, 0.25) is 0 Å². The van der Waals surface area contributed by atoms with Crippen LogP contribution < -0.4 is 10.6 Å². The van der Waals surface area contributed by atoms with Gasteiger partial charge in [-0.05, 0) is 0 Å². The lowest BCUT2D eigenvalue weighted by molar-refractivity contribution is -0.137. The highest BCUT2D eigenvalue weighted by Crippen LogP contribution is 2.02. The molecule has 1 aliphatic heterocycles. The molecule has 0 aromatic carbocycles. The van der Waals surface area contributed by atoms with E-state index in [4.69, 9.17) is 5.11 Å². The van der Waals surface area contributed by atoms with Crippen molar-refractivity contribution in [2.24, 2.45) is 0 Å². The number of carboxylic acids is 1. The average Bonchev–Trinajstić information content (AvgIpc) is 2.37. The molecule has 1 fully saturated rings. The number of aliphatic carboxylic acids is 1. The molecule has 0 aliphatic carbocycles. The van der Waals surface area contributed by atoms with Crippen LogP contribution in [0.15, 0.2) is 0 Å². The van der Waals surface area contributed by atoms with Crippen molar-refractivity contribution in [3.8, 4) is 0 Å². The van der Waals surface area contributed by atoms with Crippen molar-refractivity contribution in [2.75, 3.05) is 46.3 Å². The zero-order chi connectivity index (χ0) is 14.3. The van der Waals surface area contributed by atoms with Crippen molar-refractivity contribution in [3.63, 3.8) is 0 Å². The summed E-state index contributed by atoms with van der Waals surface area (Å²) in [4.78, 5) is 36.9. The summed E-state index contributed by atoms with van der Waals surface area (Å²) in [6.07, 6.45) is 0.136. The van der Waals surface area contributed by atoms with E-state index in [0.717, 1.165) is 13.1 Å². The van der Waals surface area contributed by atoms with E-state index in [0.29, 0.717) is 19.6 Å². The van der Waals surface area contributed by atoms with Crippen molar-refractivity contribution in [2.45, 2.75) is 6.42 Å². The molecule has 0 bridgehead atoms. The SMILES string of the molecule is CNC(=O)NC(=O)CN1CCN(CCC(=O)O)CC1. The van der Waals surface area contributed by atoms with Crippen LogP contribution in [0, 0.1) is 0 Å². The Morgan fingerprint density at radius 1 is 1.11 bits per heavy atom. The minimum atomic E-state index is -0.799. The molecule has 0 atom stereocenters. The minimum absolute atomic E-state index is 0.136. The molecule has 8 nitrogen and oxygen atoms in total. The van der Waals surface area contributed by atoms with Gasteiger partial charge in [0.05, 0.1) is 13.0 Å². The molecule has 1 heterocycles. The van der Waals surface area contributed by atoms with E-state index in [1.807, 2.05) is 4.90 Å². The molecule has 3 amide bonds. The van der Waals surface area contributed by atoms with E-state index < -0.39 is 12.0 Å². The van der Waals surface area contributed by atoms with Crippen molar-refractivity contribution in [3.05, 3.63) is 0 Å². The molecule has 0 aromatic heterocycles. The first-order valence-corrected chi connectivity index (χ1v) is 6.19. The van der Waals surface area contributed by atoms with Gasteiger partial charge in [0.2, 0.25) is 5.91 Å². The molecule has 0 saturated carbocycles. The van der Waals surface area contributed by atoms with E-state index in [2.05, 4.69) is 15.5 Å². The molecular weight excluding hydrogens is 252 g/mol. The average molecular weight is 272 g/mol. The van der Waals surface area contributed by atoms with Gasteiger partial charge in [-0.1, -0.05) is 0 Å². The predicted octanol–water partition coefficient (Wildman–Crippen LogP) is -1.47. The smallest absolute Gasteiger partial charge is 0.321 e. The van der Waals surface area contributed by atoms with E-state index in [9.17, 15) is 14.4 Å². The minimum Gasteiger partial charge on any atom is -0.481 e. The molecule has 108 valence electrons. The summed E-state index contributed by atoms with van der Waals surface area (Å²) >= 11 is 0. The molecule has 1 aliphatic rings. The fourth-order valence-corrected chi connectivity index (χ4v) is 1.86. The van der Waals surface area contributed by atoms with Gasteiger partial charge < -0.3 is 15.3 Å². The van der Waals surface area contributed by atoms with Gasteiger partial charge in [-0.3, -0.25) is 19.8 Å². The maximum absolute atomic E-state index is 11.5. The number of nitrogens with one attached hydrogen (secondary N) is 2. The van der Waals surface area contributed by atoms with Crippen molar-refractivity contribution in [1.82, 2.24) is 20.4 Å². The van der Waals surface area contributed by atoms with Crippen LogP contribution in [0.1, 0.15) is 6.42 Å². The maximum Gasteiger partial charge on any atom is 0.321 e. The van der Waals surface area contributed by atoms with Crippen molar-refractivity contribution < 1.29 is 19.5 Å².